The number of benzene rings is 1. The normalized spacial score (nSPS) is 10.7. The van der Waals surface area contributed by atoms with Gasteiger partial charge in [0.2, 0.25) is 0 Å². The topological polar surface area (TPSA) is 21.3 Å². The first-order valence-corrected chi connectivity index (χ1v) is 9.77. The molecule has 0 fully saturated rings. The molecule has 0 heterocycles. The number of unbranched alkanes of at least 4 members (excludes halogenated alkanes) is 11. The zero-order valence-electron chi connectivity index (χ0n) is 15.4. The molecular formula is C21H37NO. The van der Waals surface area contributed by atoms with Gasteiger partial charge in [0.25, 0.3) is 0 Å². The maximum atomic E-state index is 5.80. The van der Waals surface area contributed by atoms with Gasteiger partial charge < -0.3 is 10.1 Å². The molecule has 23 heavy (non-hydrogen) atoms. The van der Waals surface area contributed by atoms with E-state index in [9.17, 15) is 0 Å². The van der Waals surface area contributed by atoms with Crippen molar-refractivity contribution in [3.05, 3.63) is 24.3 Å². The molecule has 0 aliphatic heterocycles. The average Bonchev–Trinajstić information content (AvgIpc) is 2.59. The highest BCUT2D eigenvalue weighted by Crippen LogP contribution is 2.17. The number of rotatable bonds is 15. The number of hydrogen-bond donors (Lipinski definition) is 1. The maximum Gasteiger partial charge on any atom is 0.121 e. The summed E-state index contributed by atoms with van der Waals surface area (Å²) in [4.78, 5) is 0. The molecule has 1 aromatic rings. The monoisotopic (exact) mass is 319 g/mol. The Balaban J connectivity index is 1.84. The summed E-state index contributed by atoms with van der Waals surface area (Å²) in [6.45, 7) is 3.12. The third kappa shape index (κ3) is 11.1. The maximum absolute atomic E-state index is 5.80. The van der Waals surface area contributed by atoms with E-state index < -0.39 is 0 Å². The van der Waals surface area contributed by atoms with Crippen molar-refractivity contribution in [2.45, 2.75) is 84.0 Å². The second kappa shape index (κ2) is 14.4. The highest BCUT2D eigenvalue weighted by molar-refractivity contribution is 5.47. The fourth-order valence-electron chi connectivity index (χ4n) is 2.87. The smallest absolute Gasteiger partial charge is 0.121 e. The lowest BCUT2D eigenvalue weighted by molar-refractivity contribution is 0.304. The van der Waals surface area contributed by atoms with Gasteiger partial charge in [-0.25, -0.2) is 0 Å². The molecule has 0 aliphatic carbocycles. The molecule has 0 bridgehead atoms. The summed E-state index contributed by atoms with van der Waals surface area (Å²) in [5.41, 5.74) is 1.11. The minimum atomic E-state index is 0.838. The second-order valence-electron chi connectivity index (χ2n) is 6.52. The SMILES string of the molecule is CCCCCCCCCCCCCCOc1cccc(NC)c1. The summed E-state index contributed by atoms with van der Waals surface area (Å²) in [5, 5.41) is 3.14. The molecule has 0 amide bonds. The zero-order chi connectivity index (χ0) is 16.6. The van der Waals surface area contributed by atoms with E-state index in [1.165, 1.54) is 77.0 Å². The van der Waals surface area contributed by atoms with E-state index in [-0.39, 0.29) is 0 Å². The molecule has 0 unspecified atom stereocenters. The van der Waals surface area contributed by atoms with Gasteiger partial charge in [0.1, 0.15) is 5.75 Å². The van der Waals surface area contributed by atoms with Gasteiger partial charge >= 0.3 is 0 Å². The van der Waals surface area contributed by atoms with Gasteiger partial charge in [-0.1, -0.05) is 83.6 Å². The first-order valence-electron chi connectivity index (χ1n) is 9.77. The predicted molar refractivity (Wildman–Crippen MR) is 103 cm³/mol. The Hall–Kier alpha value is -1.18. The van der Waals surface area contributed by atoms with Crippen LogP contribution in [0.2, 0.25) is 0 Å². The van der Waals surface area contributed by atoms with E-state index in [4.69, 9.17) is 4.74 Å². The van der Waals surface area contributed by atoms with E-state index in [1.54, 1.807) is 0 Å². The molecule has 1 rings (SSSR count). The molecule has 2 heteroatoms. The van der Waals surface area contributed by atoms with Crippen LogP contribution in [0.3, 0.4) is 0 Å². The highest BCUT2D eigenvalue weighted by Gasteiger charge is 1.96. The number of ether oxygens (including phenoxy) is 1. The van der Waals surface area contributed by atoms with Crippen molar-refractivity contribution >= 4 is 5.69 Å². The van der Waals surface area contributed by atoms with Crippen LogP contribution >= 0.6 is 0 Å². The zero-order valence-corrected chi connectivity index (χ0v) is 15.4. The van der Waals surface area contributed by atoms with Crippen LogP contribution < -0.4 is 10.1 Å². The molecule has 0 radical (unpaired) electrons. The summed E-state index contributed by atoms with van der Waals surface area (Å²) >= 11 is 0. The summed E-state index contributed by atoms with van der Waals surface area (Å²) < 4.78 is 5.80. The van der Waals surface area contributed by atoms with Gasteiger partial charge in [-0.05, 0) is 18.6 Å². The van der Waals surface area contributed by atoms with Gasteiger partial charge in [-0.15, -0.1) is 0 Å². The summed E-state index contributed by atoms with van der Waals surface area (Å²) in [5.74, 6) is 0.972. The van der Waals surface area contributed by atoms with Gasteiger partial charge in [-0.2, -0.15) is 0 Å². The standard InChI is InChI=1S/C21H37NO/c1-3-4-5-6-7-8-9-10-11-12-13-14-18-23-21-17-15-16-20(19-21)22-2/h15-17,19,22H,3-14,18H2,1-2H3. The Morgan fingerprint density at radius 1 is 0.783 bits per heavy atom. The molecule has 0 atom stereocenters. The first kappa shape index (κ1) is 19.9. The van der Waals surface area contributed by atoms with Crippen molar-refractivity contribution in [3.63, 3.8) is 0 Å². The highest BCUT2D eigenvalue weighted by atomic mass is 16.5. The molecule has 132 valence electrons. The van der Waals surface area contributed by atoms with E-state index in [2.05, 4.69) is 24.4 Å². The van der Waals surface area contributed by atoms with Crippen LogP contribution in [0, 0.1) is 0 Å². The predicted octanol–water partition coefficient (Wildman–Crippen LogP) is 6.81. The van der Waals surface area contributed by atoms with Gasteiger partial charge in [0.15, 0.2) is 0 Å². The van der Waals surface area contributed by atoms with Gasteiger partial charge in [0.05, 0.1) is 6.61 Å². The van der Waals surface area contributed by atoms with Crippen LogP contribution in [0.4, 0.5) is 5.69 Å². The largest absolute Gasteiger partial charge is 0.494 e. The fraction of sp³-hybridized carbons (Fsp3) is 0.714. The van der Waals surface area contributed by atoms with Crippen molar-refractivity contribution in [3.8, 4) is 5.75 Å². The quantitative estimate of drug-likeness (QED) is 0.359. The first-order chi connectivity index (χ1) is 11.4. The number of anilines is 1. The Bertz CT molecular complexity index is 378. The molecule has 0 saturated heterocycles. The van der Waals surface area contributed by atoms with Crippen LogP contribution in [0.1, 0.15) is 84.0 Å². The van der Waals surface area contributed by atoms with Crippen molar-refractivity contribution in [2.75, 3.05) is 19.0 Å². The molecule has 1 aromatic carbocycles. The van der Waals surface area contributed by atoms with Crippen LogP contribution in [-0.4, -0.2) is 13.7 Å². The molecule has 0 saturated carbocycles. The Labute approximate surface area is 144 Å². The summed E-state index contributed by atoms with van der Waals surface area (Å²) in [6.07, 6.45) is 16.6. The summed E-state index contributed by atoms with van der Waals surface area (Å²) in [6, 6.07) is 8.17. The Morgan fingerprint density at radius 2 is 1.35 bits per heavy atom. The summed E-state index contributed by atoms with van der Waals surface area (Å²) in [7, 11) is 1.93. The minimum Gasteiger partial charge on any atom is -0.494 e. The third-order valence-corrected chi connectivity index (χ3v) is 4.39. The molecule has 0 aliphatic rings. The molecule has 0 spiro atoms. The molecular weight excluding hydrogens is 282 g/mol. The molecule has 1 N–H and O–H groups in total. The average molecular weight is 320 g/mol. The third-order valence-electron chi connectivity index (χ3n) is 4.39. The van der Waals surface area contributed by atoms with E-state index in [1.807, 2.05) is 19.2 Å². The van der Waals surface area contributed by atoms with E-state index >= 15 is 0 Å². The van der Waals surface area contributed by atoms with Crippen LogP contribution in [-0.2, 0) is 0 Å². The van der Waals surface area contributed by atoms with Crippen molar-refractivity contribution < 1.29 is 4.74 Å². The fourth-order valence-corrected chi connectivity index (χ4v) is 2.87. The van der Waals surface area contributed by atoms with Crippen molar-refractivity contribution in [2.24, 2.45) is 0 Å². The van der Waals surface area contributed by atoms with Crippen LogP contribution in [0.15, 0.2) is 24.3 Å². The second-order valence-corrected chi connectivity index (χ2v) is 6.52. The van der Waals surface area contributed by atoms with Crippen LogP contribution in [0.5, 0.6) is 5.75 Å². The lowest BCUT2D eigenvalue weighted by atomic mass is 10.1. The molecule has 0 aromatic heterocycles. The van der Waals surface area contributed by atoms with Gasteiger partial charge in [-0.3, -0.25) is 0 Å². The van der Waals surface area contributed by atoms with Crippen molar-refractivity contribution in [1.29, 1.82) is 0 Å². The van der Waals surface area contributed by atoms with Crippen LogP contribution in [0.25, 0.3) is 0 Å². The van der Waals surface area contributed by atoms with E-state index in [0.717, 1.165) is 18.0 Å². The lowest BCUT2D eigenvalue weighted by Gasteiger charge is -2.08. The van der Waals surface area contributed by atoms with Gasteiger partial charge in [0, 0.05) is 18.8 Å². The van der Waals surface area contributed by atoms with E-state index in [0.29, 0.717) is 0 Å². The Kier molecular flexibility index (Phi) is 12.5. The number of nitrogens with one attached hydrogen (secondary N) is 1. The number of hydrogen-bond acceptors (Lipinski definition) is 2. The lowest BCUT2D eigenvalue weighted by Crippen LogP contribution is -1.98. The minimum absolute atomic E-state index is 0.838. The van der Waals surface area contributed by atoms with Crippen molar-refractivity contribution in [1.82, 2.24) is 0 Å². The Morgan fingerprint density at radius 3 is 1.91 bits per heavy atom. The molecule has 2 nitrogen and oxygen atoms in total.